The number of nitrogens with zero attached hydrogens (tertiary/aromatic N) is 1. The van der Waals surface area contributed by atoms with Gasteiger partial charge in [0.2, 0.25) is 0 Å². The van der Waals surface area contributed by atoms with Gasteiger partial charge in [-0.15, -0.1) is 0 Å². The summed E-state index contributed by atoms with van der Waals surface area (Å²) in [4.78, 5) is 0.919. The van der Waals surface area contributed by atoms with Crippen molar-refractivity contribution in [3.05, 3.63) is 28.8 Å². The molecular formula is C9H9ClN2OS. The molecule has 0 bridgehead atoms. The van der Waals surface area contributed by atoms with Crippen LogP contribution in [0, 0.1) is 11.3 Å². The van der Waals surface area contributed by atoms with Crippen molar-refractivity contribution in [2.24, 2.45) is 0 Å². The van der Waals surface area contributed by atoms with E-state index in [1.807, 2.05) is 6.07 Å². The average Bonchev–Trinajstić information content (AvgIpc) is 2.18. The molecule has 0 aliphatic rings. The van der Waals surface area contributed by atoms with Crippen molar-refractivity contribution in [1.29, 1.82) is 5.26 Å². The van der Waals surface area contributed by atoms with Gasteiger partial charge in [-0.05, 0) is 30.1 Å². The lowest BCUT2D eigenvalue weighted by Crippen LogP contribution is -2.08. The number of benzene rings is 1. The van der Waals surface area contributed by atoms with Gasteiger partial charge in [0, 0.05) is 11.4 Å². The Hall–Kier alpha value is -0.730. The second kappa shape index (κ2) is 5.89. The van der Waals surface area contributed by atoms with E-state index in [4.69, 9.17) is 22.0 Å². The van der Waals surface area contributed by atoms with E-state index in [2.05, 4.69) is 4.72 Å². The lowest BCUT2D eigenvalue weighted by Gasteiger charge is -2.02. The number of hydrogen-bond acceptors (Lipinski definition) is 4. The molecule has 1 aromatic rings. The lowest BCUT2D eigenvalue weighted by molar-refractivity contribution is 0.302. The third-order valence-electron chi connectivity index (χ3n) is 1.46. The van der Waals surface area contributed by atoms with E-state index < -0.39 is 0 Å². The second-order valence-electron chi connectivity index (χ2n) is 2.47. The largest absolute Gasteiger partial charge is 0.395 e. The van der Waals surface area contributed by atoms with Gasteiger partial charge < -0.3 is 5.11 Å². The van der Waals surface area contributed by atoms with Crippen LogP contribution in [-0.2, 0) is 0 Å². The summed E-state index contributed by atoms with van der Waals surface area (Å²) in [5.74, 6) is 0. The van der Waals surface area contributed by atoms with Crippen molar-refractivity contribution in [2.75, 3.05) is 13.2 Å². The van der Waals surface area contributed by atoms with Crippen LogP contribution in [0.3, 0.4) is 0 Å². The van der Waals surface area contributed by atoms with Gasteiger partial charge in [0.15, 0.2) is 0 Å². The van der Waals surface area contributed by atoms with E-state index >= 15 is 0 Å². The van der Waals surface area contributed by atoms with Crippen molar-refractivity contribution in [3.63, 3.8) is 0 Å². The van der Waals surface area contributed by atoms with E-state index in [0.717, 1.165) is 4.90 Å². The Morgan fingerprint density at radius 3 is 2.93 bits per heavy atom. The fraction of sp³-hybridized carbons (Fsp3) is 0.222. The third-order valence-corrected chi connectivity index (χ3v) is 2.62. The van der Waals surface area contributed by atoms with Crippen molar-refractivity contribution in [3.8, 4) is 6.07 Å². The minimum atomic E-state index is 0.0943. The van der Waals surface area contributed by atoms with Gasteiger partial charge in [-0.25, -0.2) is 0 Å². The lowest BCUT2D eigenvalue weighted by atomic mass is 10.2. The van der Waals surface area contributed by atoms with Crippen LogP contribution >= 0.6 is 23.5 Å². The van der Waals surface area contributed by atoms with E-state index in [1.165, 1.54) is 11.9 Å². The maximum absolute atomic E-state index is 8.63. The highest BCUT2D eigenvalue weighted by Crippen LogP contribution is 2.22. The zero-order valence-electron chi connectivity index (χ0n) is 7.33. The molecule has 0 aliphatic carbocycles. The van der Waals surface area contributed by atoms with Crippen molar-refractivity contribution in [2.45, 2.75) is 4.90 Å². The molecular weight excluding hydrogens is 220 g/mol. The quantitative estimate of drug-likeness (QED) is 0.610. The zero-order valence-corrected chi connectivity index (χ0v) is 8.90. The first-order valence-electron chi connectivity index (χ1n) is 3.98. The molecule has 1 aromatic carbocycles. The van der Waals surface area contributed by atoms with Crippen LogP contribution in [0.5, 0.6) is 0 Å². The van der Waals surface area contributed by atoms with Gasteiger partial charge in [-0.3, -0.25) is 4.72 Å². The van der Waals surface area contributed by atoms with E-state index in [9.17, 15) is 0 Å². The summed E-state index contributed by atoms with van der Waals surface area (Å²) in [6.45, 7) is 0.610. The van der Waals surface area contributed by atoms with Crippen LogP contribution in [0.25, 0.3) is 0 Å². The second-order valence-corrected chi connectivity index (χ2v) is 3.84. The summed E-state index contributed by atoms with van der Waals surface area (Å²) < 4.78 is 2.94. The summed E-state index contributed by atoms with van der Waals surface area (Å²) >= 11 is 7.20. The predicted octanol–water partition coefficient (Wildman–Crippen LogP) is 1.80. The van der Waals surface area contributed by atoms with Gasteiger partial charge in [0.25, 0.3) is 0 Å². The first kappa shape index (κ1) is 11.3. The molecule has 0 radical (unpaired) electrons. The Kier molecular flexibility index (Phi) is 4.77. The van der Waals surface area contributed by atoms with Crippen LogP contribution < -0.4 is 4.72 Å². The molecule has 0 heterocycles. The molecule has 0 aliphatic heterocycles. The normalized spacial score (nSPS) is 9.79. The highest BCUT2D eigenvalue weighted by atomic mass is 35.5. The minimum absolute atomic E-state index is 0.0943. The Morgan fingerprint density at radius 1 is 1.57 bits per heavy atom. The predicted molar refractivity (Wildman–Crippen MR) is 57.1 cm³/mol. The Morgan fingerprint density at radius 2 is 2.36 bits per heavy atom. The molecule has 0 fully saturated rings. The topological polar surface area (TPSA) is 56.0 Å². The molecule has 0 aromatic heterocycles. The molecule has 0 saturated carbocycles. The Bertz CT molecular complexity index is 351. The number of aliphatic hydroxyl groups is 1. The SMILES string of the molecule is N#Cc1ccc(SNCCO)cc1Cl. The summed E-state index contributed by atoms with van der Waals surface area (Å²) in [6, 6.07) is 7.18. The number of rotatable bonds is 4. The number of hydrogen-bond donors (Lipinski definition) is 2. The summed E-state index contributed by atoms with van der Waals surface area (Å²) in [5.41, 5.74) is 0.471. The first-order chi connectivity index (χ1) is 6.77. The van der Waals surface area contributed by atoms with Gasteiger partial charge in [-0.1, -0.05) is 11.6 Å². The fourth-order valence-electron chi connectivity index (χ4n) is 0.830. The van der Waals surface area contributed by atoms with Crippen LogP contribution in [0.4, 0.5) is 0 Å². The number of halogens is 1. The summed E-state index contributed by atoms with van der Waals surface area (Å²) in [5, 5.41) is 17.6. The number of nitrogens with one attached hydrogen (secondary N) is 1. The minimum Gasteiger partial charge on any atom is -0.395 e. The molecule has 0 unspecified atom stereocenters. The van der Waals surface area contributed by atoms with E-state index in [1.54, 1.807) is 18.2 Å². The highest BCUT2D eigenvalue weighted by Gasteiger charge is 2.00. The van der Waals surface area contributed by atoms with Gasteiger partial charge in [0.05, 0.1) is 17.2 Å². The molecule has 2 N–H and O–H groups in total. The molecule has 1 rings (SSSR count). The molecule has 3 nitrogen and oxygen atoms in total. The molecule has 14 heavy (non-hydrogen) atoms. The smallest absolute Gasteiger partial charge is 0.101 e. The number of nitriles is 1. The summed E-state index contributed by atoms with van der Waals surface area (Å²) in [7, 11) is 0. The van der Waals surface area contributed by atoms with E-state index in [0.29, 0.717) is 17.1 Å². The zero-order chi connectivity index (χ0) is 10.4. The summed E-state index contributed by atoms with van der Waals surface area (Å²) in [6.07, 6.45) is 0. The highest BCUT2D eigenvalue weighted by molar-refractivity contribution is 7.97. The maximum Gasteiger partial charge on any atom is 0.101 e. The fourth-order valence-corrected chi connectivity index (χ4v) is 1.79. The van der Waals surface area contributed by atoms with Gasteiger partial charge >= 0.3 is 0 Å². The average molecular weight is 229 g/mol. The molecule has 74 valence electrons. The number of aliphatic hydroxyl groups excluding tert-OH is 1. The molecule has 0 atom stereocenters. The standard InChI is InChI=1S/C9H9ClN2OS/c10-9-5-8(14-12-3-4-13)2-1-7(9)6-11/h1-2,5,12-13H,3-4H2. The van der Waals surface area contributed by atoms with Crippen molar-refractivity contribution >= 4 is 23.5 Å². The van der Waals surface area contributed by atoms with Gasteiger partial charge in [-0.2, -0.15) is 5.26 Å². The maximum atomic E-state index is 8.63. The molecule has 0 amide bonds. The van der Waals surface area contributed by atoms with Crippen molar-refractivity contribution in [1.82, 2.24) is 4.72 Å². The van der Waals surface area contributed by atoms with Crippen LogP contribution in [0.15, 0.2) is 23.1 Å². The van der Waals surface area contributed by atoms with E-state index in [-0.39, 0.29) is 6.61 Å². The van der Waals surface area contributed by atoms with Crippen LogP contribution in [0.2, 0.25) is 5.02 Å². The van der Waals surface area contributed by atoms with Crippen LogP contribution in [0.1, 0.15) is 5.56 Å². The molecule has 0 spiro atoms. The van der Waals surface area contributed by atoms with Crippen molar-refractivity contribution < 1.29 is 5.11 Å². The monoisotopic (exact) mass is 228 g/mol. The Labute approximate surface area is 91.8 Å². The van der Waals surface area contributed by atoms with Gasteiger partial charge in [0.1, 0.15) is 6.07 Å². The third kappa shape index (κ3) is 3.20. The molecule has 0 saturated heterocycles. The Balaban J connectivity index is 2.63. The molecule has 5 heteroatoms. The first-order valence-corrected chi connectivity index (χ1v) is 5.17. The van der Waals surface area contributed by atoms with Crippen LogP contribution in [-0.4, -0.2) is 18.3 Å².